The Morgan fingerprint density at radius 1 is 1.38 bits per heavy atom. The maximum Gasteiger partial charge on any atom is 0.341 e. The number of carboxylic acid groups (broad SMARTS) is 1. The second-order valence-electron chi connectivity index (χ2n) is 7.66. The third kappa shape index (κ3) is 3.69. The normalized spacial score (nSPS) is 13.0. The van der Waals surface area contributed by atoms with Crippen molar-refractivity contribution in [2.75, 3.05) is 29.5 Å². The molecular weight excluding hydrogens is 415 g/mol. The van der Waals surface area contributed by atoms with Gasteiger partial charge in [0.25, 0.3) is 0 Å². The van der Waals surface area contributed by atoms with Crippen molar-refractivity contribution in [3.8, 4) is 6.07 Å². The Morgan fingerprint density at radius 2 is 2.09 bits per heavy atom. The van der Waals surface area contributed by atoms with Crippen molar-refractivity contribution in [2.24, 2.45) is 0 Å². The van der Waals surface area contributed by atoms with Crippen molar-refractivity contribution in [2.45, 2.75) is 25.8 Å². The molecule has 32 heavy (non-hydrogen) atoms. The molecule has 9 nitrogen and oxygen atoms in total. The summed E-state index contributed by atoms with van der Waals surface area (Å²) in [5, 5.41) is 24.2. The maximum atomic E-state index is 15.1. The summed E-state index contributed by atoms with van der Waals surface area (Å²) in [6.07, 6.45) is 4.47. The molecule has 0 bridgehead atoms. The smallest absolute Gasteiger partial charge is 0.341 e. The van der Waals surface area contributed by atoms with Gasteiger partial charge in [0.15, 0.2) is 5.82 Å². The Kier molecular flexibility index (Phi) is 5.40. The second kappa shape index (κ2) is 8.19. The molecule has 2 heterocycles. The molecule has 2 aromatic heterocycles. The maximum absolute atomic E-state index is 15.1. The molecule has 1 saturated carbocycles. The zero-order chi connectivity index (χ0) is 23.0. The van der Waals surface area contributed by atoms with Gasteiger partial charge in [0.05, 0.1) is 27.8 Å². The molecule has 0 atom stereocenters. The predicted octanol–water partition coefficient (Wildman–Crippen LogP) is 2.86. The van der Waals surface area contributed by atoms with Crippen LogP contribution in [0, 0.1) is 24.1 Å². The van der Waals surface area contributed by atoms with E-state index >= 15 is 4.39 Å². The minimum atomic E-state index is -1.37. The molecule has 0 aliphatic heterocycles. The van der Waals surface area contributed by atoms with Gasteiger partial charge in [-0.3, -0.25) is 4.79 Å². The standard InChI is InChI=1S/C22H21FN6O3/c1-11-19(27-7-6-26-15-5-2-12(8-24)9-28-15)17(23)18(25)16-20(11)29(13-3-4-13)10-14(21(16)30)22(31)32/h2,5,9-10,13,27H,3-4,6-7,25H2,1H3,(H,26,28)(H,31,32). The molecule has 0 unspecified atom stereocenters. The van der Waals surface area contributed by atoms with Crippen LogP contribution in [0.5, 0.6) is 0 Å². The molecule has 1 aliphatic rings. The highest BCUT2D eigenvalue weighted by atomic mass is 19.1. The number of fused-ring (bicyclic) bond motifs is 1. The number of aromatic nitrogens is 2. The molecule has 0 spiro atoms. The molecular formula is C22H21FN6O3. The van der Waals surface area contributed by atoms with Gasteiger partial charge in [0, 0.05) is 31.5 Å². The number of nitrogens with one attached hydrogen (secondary N) is 2. The van der Waals surface area contributed by atoms with Crippen LogP contribution in [0.3, 0.4) is 0 Å². The molecule has 1 fully saturated rings. The van der Waals surface area contributed by atoms with Gasteiger partial charge in [0.2, 0.25) is 5.43 Å². The second-order valence-corrected chi connectivity index (χ2v) is 7.66. The third-order valence-corrected chi connectivity index (χ3v) is 5.49. The van der Waals surface area contributed by atoms with Gasteiger partial charge in [0.1, 0.15) is 17.5 Å². The van der Waals surface area contributed by atoms with Crippen LogP contribution in [0.2, 0.25) is 0 Å². The summed E-state index contributed by atoms with van der Waals surface area (Å²) in [5.41, 5.74) is 5.98. The molecule has 1 aliphatic carbocycles. The minimum Gasteiger partial charge on any atom is -0.477 e. The highest BCUT2D eigenvalue weighted by molar-refractivity contribution is 6.01. The first-order valence-corrected chi connectivity index (χ1v) is 10.1. The van der Waals surface area contributed by atoms with E-state index in [0.717, 1.165) is 12.8 Å². The summed E-state index contributed by atoms with van der Waals surface area (Å²) < 4.78 is 16.9. The van der Waals surface area contributed by atoms with E-state index in [1.807, 2.05) is 6.07 Å². The van der Waals surface area contributed by atoms with E-state index < -0.39 is 22.8 Å². The van der Waals surface area contributed by atoms with Crippen molar-refractivity contribution in [3.63, 3.8) is 0 Å². The van der Waals surface area contributed by atoms with E-state index in [1.54, 1.807) is 23.6 Å². The lowest BCUT2D eigenvalue weighted by Crippen LogP contribution is -2.22. The van der Waals surface area contributed by atoms with Crippen LogP contribution < -0.4 is 21.8 Å². The molecule has 1 aromatic carbocycles. The SMILES string of the molecule is Cc1c(NCCNc2ccc(C#N)cn2)c(F)c(N)c2c(=O)c(C(=O)O)cn(C3CC3)c12. The lowest BCUT2D eigenvalue weighted by molar-refractivity contribution is 0.0695. The van der Waals surface area contributed by atoms with E-state index in [-0.39, 0.29) is 22.8 Å². The number of benzene rings is 1. The Balaban J connectivity index is 1.66. The summed E-state index contributed by atoms with van der Waals surface area (Å²) in [6.45, 7) is 2.41. The fraction of sp³-hybridized carbons (Fsp3) is 0.273. The summed E-state index contributed by atoms with van der Waals surface area (Å²) >= 11 is 0. The Labute approximate surface area is 182 Å². The lowest BCUT2D eigenvalue weighted by atomic mass is 10.0. The number of carbonyl (C=O) groups is 1. The molecule has 0 amide bonds. The van der Waals surface area contributed by atoms with Gasteiger partial charge in [-0.05, 0) is 37.5 Å². The van der Waals surface area contributed by atoms with E-state index in [9.17, 15) is 14.7 Å². The van der Waals surface area contributed by atoms with Crippen LogP contribution in [0.4, 0.5) is 21.6 Å². The molecule has 0 saturated heterocycles. The van der Waals surface area contributed by atoms with Crippen LogP contribution in [0.25, 0.3) is 10.9 Å². The summed E-state index contributed by atoms with van der Waals surface area (Å²) in [7, 11) is 0. The van der Waals surface area contributed by atoms with Crippen molar-refractivity contribution < 1.29 is 14.3 Å². The number of aromatic carboxylic acids is 1. The molecule has 5 N–H and O–H groups in total. The van der Waals surface area contributed by atoms with Crippen molar-refractivity contribution in [3.05, 3.63) is 57.3 Å². The first-order valence-electron chi connectivity index (χ1n) is 10.1. The molecule has 3 aromatic rings. The third-order valence-electron chi connectivity index (χ3n) is 5.49. The number of nitrogen functional groups attached to an aromatic ring is 1. The highest BCUT2D eigenvalue weighted by Gasteiger charge is 2.30. The van der Waals surface area contributed by atoms with Crippen LogP contribution in [0.1, 0.15) is 40.4 Å². The Hall–Kier alpha value is -4.13. The van der Waals surface area contributed by atoms with Crippen molar-refractivity contribution >= 4 is 34.1 Å². The van der Waals surface area contributed by atoms with E-state index in [4.69, 9.17) is 11.0 Å². The minimum absolute atomic E-state index is 0.0525. The first-order chi connectivity index (χ1) is 15.3. The number of nitriles is 1. The van der Waals surface area contributed by atoms with Gasteiger partial charge in [-0.15, -0.1) is 0 Å². The number of rotatable bonds is 7. The Bertz CT molecular complexity index is 1320. The number of anilines is 3. The molecule has 10 heteroatoms. The molecule has 4 rings (SSSR count). The lowest BCUT2D eigenvalue weighted by Gasteiger charge is -2.20. The Morgan fingerprint density at radius 3 is 2.69 bits per heavy atom. The van der Waals surface area contributed by atoms with Crippen LogP contribution in [0.15, 0.2) is 29.3 Å². The monoisotopic (exact) mass is 436 g/mol. The zero-order valence-electron chi connectivity index (χ0n) is 17.3. The average Bonchev–Trinajstić information content (AvgIpc) is 3.62. The molecule has 164 valence electrons. The van der Waals surface area contributed by atoms with Crippen molar-refractivity contribution in [1.82, 2.24) is 9.55 Å². The van der Waals surface area contributed by atoms with E-state index in [1.165, 1.54) is 12.4 Å². The topological polar surface area (TPSA) is 146 Å². The average molecular weight is 436 g/mol. The summed E-state index contributed by atoms with van der Waals surface area (Å²) in [6, 6.07) is 5.36. The number of nitrogens with zero attached hydrogens (tertiary/aromatic N) is 3. The van der Waals surface area contributed by atoms with Crippen LogP contribution in [-0.2, 0) is 0 Å². The fourth-order valence-electron chi connectivity index (χ4n) is 3.74. The van der Waals surface area contributed by atoms with Crippen molar-refractivity contribution in [1.29, 1.82) is 5.26 Å². The van der Waals surface area contributed by atoms with Gasteiger partial charge in [-0.1, -0.05) is 0 Å². The van der Waals surface area contributed by atoms with Gasteiger partial charge < -0.3 is 26.0 Å². The fourth-order valence-corrected chi connectivity index (χ4v) is 3.74. The number of nitrogens with two attached hydrogens (primary N) is 1. The largest absolute Gasteiger partial charge is 0.477 e. The highest BCUT2D eigenvalue weighted by Crippen LogP contribution is 2.41. The quantitative estimate of drug-likeness (QED) is 0.327. The van der Waals surface area contributed by atoms with Crippen LogP contribution in [-0.4, -0.2) is 33.7 Å². The van der Waals surface area contributed by atoms with Gasteiger partial charge in [-0.2, -0.15) is 5.26 Å². The first kappa shape index (κ1) is 21.1. The number of aryl methyl sites for hydroxylation is 1. The van der Waals surface area contributed by atoms with E-state index in [0.29, 0.717) is 35.6 Å². The zero-order valence-corrected chi connectivity index (χ0v) is 17.3. The van der Waals surface area contributed by atoms with Crippen LogP contribution >= 0.6 is 0 Å². The van der Waals surface area contributed by atoms with Gasteiger partial charge >= 0.3 is 5.97 Å². The number of hydrogen-bond donors (Lipinski definition) is 4. The number of pyridine rings is 2. The van der Waals surface area contributed by atoms with E-state index in [2.05, 4.69) is 15.6 Å². The summed E-state index contributed by atoms with van der Waals surface area (Å²) in [4.78, 5) is 28.4. The predicted molar refractivity (Wildman–Crippen MR) is 118 cm³/mol. The molecule has 0 radical (unpaired) electrons. The summed E-state index contributed by atoms with van der Waals surface area (Å²) in [5.74, 6) is -1.58. The number of carboxylic acids is 1. The van der Waals surface area contributed by atoms with Gasteiger partial charge in [-0.25, -0.2) is 14.2 Å². The number of hydrogen-bond acceptors (Lipinski definition) is 7. The number of halogens is 1.